The van der Waals surface area contributed by atoms with Gasteiger partial charge in [0.1, 0.15) is 0 Å². The smallest absolute Gasteiger partial charge is 0.222 e. The highest BCUT2D eigenvalue weighted by atomic mass is 16.2. The first kappa shape index (κ1) is 25.2. The molecule has 1 saturated heterocycles. The van der Waals surface area contributed by atoms with Crippen molar-refractivity contribution in [2.75, 3.05) is 39.8 Å². The maximum absolute atomic E-state index is 12.5. The van der Waals surface area contributed by atoms with Gasteiger partial charge >= 0.3 is 0 Å². The molecule has 0 aromatic carbocycles. The second-order valence-corrected chi connectivity index (χ2v) is 9.26. The summed E-state index contributed by atoms with van der Waals surface area (Å²) in [4.78, 5) is 14.6. The van der Waals surface area contributed by atoms with Gasteiger partial charge in [-0.15, -0.1) is 0 Å². The summed E-state index contributed by atoms with van der Waals surface area (Å²) >= 11 is 0. The number of hydrogen-bond donors (Lipinski definition) is 0. The van der Waals surface area contributed by atoms with E-state index in [2.05, 4.69) is 25.5 Å². The predicted molar refractivity (Wildman–Crippen MR) is 122 cm³/mol. The van der Waals surface area contributed by atoms with E-state index in [0.717, 1.165) is 56.5 Å². The van der Waals surface area contributed by atoms with Gasteiger partial charge in [-0.1, -0.05) is 90.6 Å². The molecule has 1 heterocycles. The molecule has 1 rings (SSSR count). The summed E-state index contributed by atoms with van der Waals surface area (Å²) in [5.74, 6) is 0.384. The largest absolute Gasteiger partial charge is 0.337 e. The third kappa shape index (κ3) is 11.9. The first-order chi connectivity index (χ1) is 13.6. The number of hydrogen-bond acceptors (Lipinski definition) is 1. The molecule has 0 radical (unpaired) electrons. The van der Waals surface area contributed by atoms with E-state index in [4.69, 9.17) is 0 Å². The van der Waals surface area contributed by atoms with Crippen LogP contribution in [0.5, 0.6) is 0 Å². The van der Waals surface area contributed by atoms with E-state index in [1.165, 1.54) is 77.0 Å². The standard InChI is InChI=1S/C25H49N2O/c1-4-6-7-8-9-10-11-12-13-14-15-16-17-19-25(28)26-20-18-23-27(3,22-5-2)24-21-26/h5H,2,4,6-24H2,1,3H3/q+1. The molecule has 0 saturated carbocycles. The average molecular weight is 394 g/mol. The molecule has 0 aliphatic carbocycles. The van der Waals surface area contributed by atoms with Gasteiger partial charge in [0.15, 0.2) is 0 Å². The summed E-state index contributed by atoms with van der Waals surface area (Å²) in [6.45, 7) is 11.3. The minimum atomic E-state index is 0.384. The maximum Gasteiger partial charge on any atom is 0.222 e. The Bertz CT molecular complexity index is 409. The molecule has 0 bridgehead atoms. The molecule has 1 amide bonds. The van der Waals surface area contributed by atoms with E-state index in [-0.39, 0.29) is 0 Å². The quantitative estimate of drug-likeness (QED) is 0.170. The van der Waals surface area contributed by atoms with Crippen molar-refractivity contribution in [3.63, 3.8) is 0 Å². The number of likely N-dealkylation sites (N-methyl/N-ethyl adjacent to an activating group) is 1. The monoisotopic (exact) mass is 393 g/mol. The second kappa shape index (κ2) is 16.0. The Balaban J connectivity index is 1.96. The lowest BCUT2D eigenvalue weighted by Crippen LogP contribution is -2.47. The van der Waals surface area contributed by atoms with Crippen molar-refractivity contribution in [2.24, 2.45) is 0 Å². The van der Waals surface area contributed by atoms with E-state index in [0.29, 0.717) is 5.91 Å². The summed E-state index contributed by atoms with van der Waals surface area (Å²) in [5, 5.41) is 0. The molecular formula is C25H49N2O+. The van der Waals surface area contributed by atoms with Crippen molar-refractivity contribution in [1.82, 2.24) is 4.90 Å². The summed E-state index contributed by atoms with van der Waals surface area (Å²) in [5.41, 5.74) is 0. The molecule has 0 N–H and O–H groups in total. The van der Waals surface area contributed by atoms with Gasteiger partial charge in [-0.25, -0.2) is 0 Å². The molecule has 1 atom stereocenters. The van der Waals surface area contributed by atoms with E-state index in [9.17, 15) is 4.79 Å². The van der Waals surface area contributed by atoms with Crippen molar-refractivity contribution in [3.05, 3.63) is 12.7 Å². The summed E-state index contributed by atoms with van der Waals surface area (Å²) in [7, 11) is 2.29. The minimum absolute atomic E-state index is 0.384. The molecule has 164 valence electrons. The van der Waals surface area contributed by atoms with Crippen LogP contribution < -0.4 is 0 Å². The van der Waals surface area contributed by atoms with Crippen LogP contribution in [0.15, 0.2) is 12.7 Å². The van der Waals surface area contributed by atoms with Crippen LogP contribution in [-0.2, 0) is 4.79 Å². The molecule has 1 fully saturated rings. The summed E-state index contributed by atoms with van der Waals surface area (Å²) < 4.78 is 1.03. The Kier molecular flexibility index (Phi) is 14.4. The van der Waals surface area contributed by atoms with Gasteiger partial charge in [0.25, 0.3) is 0 Å². The Labute approximate surface area is 176 Å². The molecule has 0 aromatic heterocycles. The highest BCUT2D eigenvalue weighted by molar-refractivity contribution is 5.76. The van der Waals surface area contributed by atoms with Crippen LogP contribution in [0.2, 0.25) is 0 Å². The molecule has 3 nitrogen and oxygen atoms in total. The van der Waals surface area contributed by atoms with Gasteiger partial charge in [0, 0.05) is 19.4 Å². The molecule has 1 aliphatic rings. The second-order valence-electron chi connectivity index (χ2n) is 9.26. The van der Waals surface area contributed by atoms with Crippen molar-refractivity contribution < 1.29 is 9.28 Å². The fourth-order valence-corrected chi connectivity index (χ4v) is 4.42. The lowest BCUT2D eigenvalue weighted by atomic mass is 10.0. The van der Waals surface area contributed by atoms with Crippen LogP contribution in [0.4, 0.5) is 0 Å². The number of carbonyl (C=O) groups excluding carboxylic acids is 1. The van der Waals surface area contributed by atoms with Gasteiger partial charge in [0.05, 0.1) is 33.2 Å². The number of quaternary nitrogens is 1. The Morgan fingerprint density at radius 2 is 1.39 bits per heavy atom. The Hall–Kier alpha value is -0.830. The normalized spacial score (nSPS) is 20.1. The molecule has 3 heteroatoms. The SMILES string of the molecule is C=CC[N+]1(C)CCCN(C(=O)CCCCCCCCCCCCCCC)CC1. The van der Waals surface area contributed by atoms with Gasteiger partial charge in [-0.05, 0) is 12.5 Å². The Morgan fingerprint density at radius 1 is 0.857 bits per heavy atom. The average Bonchev–Trinajstić information content (AvgIpc) is 2.87. The van der Waals surface area contributed by atoms with Crippen LogP contribution in [0, 0.1) is 0 Å². The minimum Gasteiger partial charge on any atom is -0.337 e. The highest BCUT2D eigenvalue weighted by Gasteiger charge is 2.26. The van der Waals surface area contributed by atoms with Crippen molar-refractivity contribution in [3.8, 4) is 0 Å². The number of amides is 1. The topological polar surface area (TPSA) is 20.3 Å². The zero-order valence-corrected chi connectivity index (χ0v) is 19.2. The highest BCUT2D eigenvalue weighted by Crippen LogP contribution is 2.15. The van der Waals surface area contributed by atoms with Gasteiger partial charge in [-0.2, -0.15) is 0 Å². The van der Waals surface area contributed by atoms with E-state index >= 15 is 0 Å². The number of rotatable bonds is 16. The predicted octanol–water partition coefficient (Wildman–Crippen LogP) is 6.33. The molecular weight excluding hydrogens is 344 g/mol. The fourth-order valence-electron chi connectivity index (χ4n) is 4.42. The number of unbranched alkanes of at least 4 members (excludes halogenated alkanes) is 12. The fraction of sp³-hybridized carbons (Fsp3) is 0.880. The van der Waals surface area contributed by atoms with Crippen molar-refractivity contribution >= 4 is 5.91 Å². The van der Waals surface area contributed by atoms with Crippen molar-refractivity contribution in [1.29, 1.82) is 0 Å². The van der Waals surface area contributed by atoms with E-state index in [1.54, 1.807) is 0 Å². The first-order valence-corrected chi connectivity index (χ1v) is 12.3. The van der Waals surface area contributed by atoms with Crippen LogP contribution in [0.1, 0.15) is 103 Å². The van der Waals surface area contributed by atoms with Gasteiger partial charge in [-0.3, -0.25) is 4.79 Å². The lowest BCUT2D eigenvalue weighted by molar-refractivity contribution is -0.902. The number of carbonyl (C=O) groups is 1. The lowest BCUT2D eigenvalue weighted by Gasteiger charge is -2.32. The Morgan fingerprint density at radius 3 is 1.93 bits per heavy atom. The number of nitrogens with zero attached hydrogens (tertiary/aromatic N) is 2. The summed E-state index contributed by atoms with van der Waals surface area (Å²) in [6, 6.07) is 0. The molecule has 0 spiro atoms. The van der Waals surface area contributed by atoms with Crippen LogP contribution >= 0.6 is 0 Å². The van der Waals surface area contributed by atoms with E-state index in [1.807, 2.05) is 6.08 Å². The van der Waals surface area contributed by atoms with Gasteiger partial charge < -0.3 is 9.38 Å². The first-order valence-electron chi connectivity index (χ1n) is 12.3. The zero-order chi connectivity index (χ0) is 20.5. The zero-order valence-electron chi connectivity index (χ0n) is 19.2. The summed E-state index contributed by atoms with van der Waals surface area (Å²) in [6.07, 6.45) is 21.5. The van der Waals surface area contributed by atoms with Crippen LogP contribution in [-0.4, -0.2) is 55.1 Å². The van der Waals surface area contributed by atoms with Crippen molar-refractivity contribution in [2.45, 2.75) is 103 Å². The molecule has 1 unspecified atom stereocenters. The van der Waals surface area contributed by atoms with Crippen LogP contribution in [0.25, 0.3) is 0 Å². The van der Waals surface area contributed by atoms with Crippen LogP contribution in [0.3, 0.4) is 0 Å². The maximum atomic E-state index is 12.5. The molecule has 1 aliphatic heterocycles. The molecule has 28 heavy (non-hydrogen) atoms. The van der Waals surface area contributed by atoms with E-state index < -0.39 is 0 Å². The third-order valence-corrected chi connectivity index (χ3v) is 6.45. The third-order valence-electron chi connectivity index (χ3n) is 6.45. The molecule has 0 aromatic rings. The van der Waals surface area contributed by atoms with Gasteiger partial charge in [0.2, 0.25) is 5.91 Å².